The average molecular weight is 363 g/mol. The number of hydrogen-bond acceptors (Lipinski definition) is 3. The number of carbonyl (C=O) groups excluding carboxylic acids is 1. The van der Waals surface area contributed by atoms with Gasteiger partial charge < -0.3 is 10.2 Å². The summed E-state index contributed by atoms with van der Waals surface area (Å²) in [6, 6.07) is 1.91. The number of halogens is 2. The Kier molecular flexibility index (Phi) is 7.48. The van der Waals surface area contributed by atoms with Gasteiger partial charge in [-0.1, -0.05) is 30.1 Å². The zero-order chi connectivity index (χ0) is 15.9. The predicted molar refractivity (Wildman–Crippen MR) is 95.1 cm³/mol. The van der Waals surface area contributed by atoms with Gasteiger partial charge in [-0.25, -0.2) is 0 Å². The molecule has 0 aromatic carbocycles. The molecule has 1 saturated heterocycles. The quantitative estimate of drug-likeness (QED) is 0.787. The molecule has 6 heteroatoms. The van der Waals surface area contributed by atoms with Crippen molar-refractivity contribution in [2.45, 2.75) is 39.0 Å². The third kappa shape index (κ3) is 5.41. The van der Waals surface area contributed by atoms with Crippen LogP contribution in [0.3, 0.4) is 0 Å². The van der Waals surface area contributed by atoms with Gasteiger partial charge in [-0.05, 0) is 56.3 Å². The highest BCUT2D eigenvalue weighted by Crippen LogP contribution is 2.32. The van der Waals surface area contributed by atoms with Gasteiger partial charge in [0.15, 0.2) is 0 Å². The van der Waals surface area contributed by atoms with Crippen LogP contribution in [0.25, 0.3) is 0 Å². The van der Waals surface area contributed by atoms with Crippen molar-refractivity contribution in [2.24, 2.45) is 5.92 Å². The molecule has 0 aliphatic carbocycles. The van der Waals surface area contributed by atoms with Gasteiger partial charge in [0.05, 0.1) is 8.67 Å². The molecule has 1 N–H and O–H groups in total. The van der Waals surface area contributed by atoms with Gasteiger partial charge in [-0.2, -0.15) is 0 Å². The van der Waals surface area contributed by atoms with E-state index in [4.69, 9.17) is 23.2 Å². The molecule has 0 saturated carbocycles. The molecule has 3 nitrogen and oxygen atoms in total. The third-order valence-corrected chi connectivity index (χ3v) is 5.78. The number of nitrogens with one attached hydrogen (secondary N) is 1. The molecule has 0 spiro atoms. The molecule has 0 atom stereocenters. The summed E-state index contributed by atoms with van der Waals surface area (Å²) in [5.74, 6) is 0.995. The first kappa shape index (κ1) is 18.1. The first-order valence-electron chi connectivity index (χ1n) is 8.02. The molecule has 124 valence electrons. The maximum absolute atomic E-state index is 12.3. The average Bonchev–Trinajstić information content (AvgIpc) is 2.83. The molecule has 1 fully saturated rings. The van der Waals surface area contributed by atoms with E-state index in [0.717, 1.165) is 67.7 Å². The summed E-state index contributed by atoms with van der Waals surface area (Å²) in [5, 5.41) is 3.40. The van der Waals surface area contributed by atoms with Crippen LogP contribution in [0.15, 0.2) is 6.07 Å². The van der Waals surface area contributed by atoms with Gasteiger partial charge in [-0.15, -0.1) is 11.3 Å². The van der Waals surface area contributed by atoms with Crippen molar-refractivity contribution in [2.75, 3.05) is 26.2 Å². The molecule has 0 radical (unpaired) electrons. The summed E-state index contributed by atoms with van der Waals surface area (Å²) in [5.41, 5.74) is 1.06. The van der Waals surface area contributed by atoms with Gasteiger partial charge in [0, 0.05) is 19.5 Å². The third-order valence-electron chi connectivity index (χ3n) is 4.21. The zero-order valence-corrected chi connectivity index (χ0v) is 15.4. The number of hydrogen-bond donors (Lipinski definition) is 1. The van der Waals surface area contributed by atoms with E-state index in [1.54, 1.807) is 0 Å². The molecule has 2 rings (SSSR count). The highest BCUT2D eigenvalue weighted by molar-refractivity contribution is 7.20. The second-order valence-electron chi connectivity index (χ2n) is 5.83. The highest BCUT2D eigenvalue weighted by Gasteiger charge is 2.22. The minimum absolute atomic E-state index is 0.277. The number of likely N-dealkylation sites (tertiary alicyclic amines) is 1. The molecule has 1 aliphatic rings. The van der Waals surface area contributed by atoms with Crippen molar-refractivity contribution >= 4 is 40.4 Å². The summed E-state index contributed by atoms with van der Waals surface area (Å²) >= 11 is 13.4. The van der Waals surface area contributed by atoms with E-state index in [0.29, 0.717) is 10.8 Å². The Bertz CT molecular complexity index is 484. The topological polar surface area (TPSA) is 32.3 Å². The Hall–Kier alpha value is -0.290. The van der Waals surface area contributed by atoms with E-state index in [1.807, 2.05) is 11.0 Å². The van der Waals surface area contributed by atoms with Gasteiger partial charge >= 0.3 is 0 Å². The number of piperidine rings is 1. The van der Waals surface area contributed by atoms with Crippen LogP contribution in [-0.4, -0.2) is 37.0 Å². The standard InChI is InChI=1S/C16H24Cl2N2OS/c1-2-19-11-12-6-8-20(9-7-12)15(21)5-3-4-13-10-14(17)22-16(13)18/h10,12,19H,2-9,11H2,1H3. The van der Waals surface area contributed by atoms with Crippen molar-refractivity contribution in [1.82, 2.24) is 10.2 Å². The van der Waals surface area contributed by atoms with Crippen LogP contribution in [-0.2, 0) is 11.2 Å². The largest absolute Gasteiger partial charge is 0.343 e. The van der Waals surface area contributed by atoms with E-state index in [2.05, 4.69) is 12.2 Å². The zero-order valence-electron chi connectivity index (χ0n) is 13.0. The Balaban J connectivity index is 1.67. The Morgan fingerprint density at radius 2 is 2.14 bits per heavy atom. The second kappa shape index (κ2) is 9.11. The lowest BCUT2D eigenvalue weighted by Crippen LogP contribution is -2.40. The summed E-state index contributed by atoms with van der Waals surface area (Å²) in [6.07, 6.45) is 4.49. The summed E-state index contributed by atoms with van der Waals surface area (Å²) < 4.78 is 1.47. The van der Waals surface area contributed by atoms with Crippen molar-refractivity contribution in [1.29, 1.82) is 0 Å². The van der Waals surface area contributed by atoms with E-state index in [-0.39, 0.29) is 5.91 Å². The van der Waals surface area contributed by atoms with Crippen molar-refractivity contribution in [3.63, 3.8) is 0 Å². The summed E-state index contributed by atoms with van der Waals surface area (Å²) in [4.78, 5) is 14.3. The smallest absolute Gasteiger partial charge is 0.222 e. The Labute approximate surface area is 147 Å². The van der Waals surface area contributed by atoms with Gasteiger partial charge in [-0.3, -0.25) is 4.79 Å². The molecule has 22 heavy (non-hydrogen) atoms. The van der Waals surface area contributed by atoms with Crippen molar-refractivity contribution in [3.05, 3.63) is 20.3 Å². The lowest BCUT2D eigenvalue weighted by Gasteiger charge is -2.32. The van der Waals surface area contributed by atoms with Crippen LogP contribution < -0.4 is 5.32 Å². The SMILES string of the molecule is CCNCC1CCN(C(=O)CCCc2cc(Cl)sc2Cl)CC1. The van der Waals surface area contributed by atoms with E-state index in [1.165, 1.54) is 11.3 Å². The number of aryl methyl sites for hydroxylation is 1. The number of carbonyl (C=O) groups is 1. The summed E-state index contributed by atoms with van der Waals surface area (Å²) in [6.45, 7) is 6.04. The fourth-order valence-electron chi connectivity index (χ4n) is 2.87. The summed E-state index contributed by atoms with van der Waals surface area (Å²) in [7, 11) is 0. The minimum Gasteiger partial charge on any atom is -0.343 e. The Morgan fingerprint density at radius 1 is 1.41 bits per heavy atom. The molecule has 1 amide bonds. The maximum atomic E-state index is 12.3. The molecule has 1 aromatic heterocycles. The van der Waals surface area contributed by atoms with Gasteiger partial charge in [0.25, 0.3) is 0 Å². The lowest BCUT2D eigenvalue weighted by atomic mass is 9.96. The number of thiophene rings is 1. The second-order valence-corrected chi connectivity index (χ2v) is 8.12. The van der Waals surface area contributed by atoms with E-state index < -0.39 is 0 Å². The molecule has 0 unspecified atom stereocenters. The lowest BCUT2D eigenvalue weighted by molar-refractivity contribution is -0.132. The van der Waals surface area contributed by atoms with Gasteiger partial charge in [0.1, 0.15) is 0 Å². The Morgan fingerprint density at radius 3 is 2.73 bits per heavy atom. The van der Waals surface area contributed by atoms with E-state index in [9.17, 15) is 4.79 Å². The molecule has 0 bridgehead atoms. The predicted octanol–water partition coefficient (Wildman–Crippen LogP) is 4.23. The number of nitrogens with zero attached hydrogens (tertiary/aromatic N) is 1. The number of rotatable bonds is 7. The highest BCUT2D eigenvalue weighted by atomic mass is 35.5. The first-order chi connectivity index (χ1) is 10.6. The van der Waals surface area contributed by atoms with Crippen LogP contribution >= 0.6 is 34.5 Å². The van der Waals surface area contributed by atoms with Crippen molar-refractivity contribution < 1.29 is 4.79 Å². The number of amides is 1. The fraction of sp³-hybridized carbons (Fsp3) is 0.688. The van der Waals surface area contributed by atoms with Crippen molar-refractivity contribution in [3.8, 4) is 0 Å². The monoisotopic (exact) mass is 362 g/mol. The minimum atomic E-state index is 0.277. The fourth-order valence-corrected chi connectivity index (χ4v) is 4.41. The van der Waals surface area contributed by atoms with Crippen LogP contribution in [0.2, 0.25) is 8.67 Å². The molecule has 2 heterocycles. The van der Waals surface area contributed by atoms with Crippen LogP contribution in [0.4, 0.5) is 0 Å². The molecule has 1 aliphatic heterocycles. The van der Waals surface area contributed by atoms with Crippen LogP contribution in [0, 0.1) is 5.92 Å². The maximum Gasteiger partial charge on any atom is 0.222 e. The van der Waals surface area contributed by atoms with Gasteiger partial charge in [0.2, 0.25) is 5.91 Å². The molecular formula is C16H24Cl2N2OS. The van der Waals surface area contributed by atoms with E-state index >= 15 is 0 Å². The molecule has 1 aromatic rings. The first-order valence-corrected chi connectivity index (χ1v) is 9.59. The van der Waals surface area contributed by atoms with Crippen LogP contribution in [0.5, 0.6) is 0 Å². The van der Waals surface area contributed by atoms with Crippen LogP contribution in [0.1, 0.15) is 38.2 Å². The molecular weight excluding hydrogens is 339 g/mol. The normalized spacial score (nSPS) is 16.2.